The topological polar surface area (TPSA) is 43.4 Å². The van der Waals surface area contributed by atoms with E-state index >= 15 is 0 Å². The first-order chi connectivity index (χ1) is 10.2. The van der Waals surface area contributed by atoms with Crippen LogP contribution in [0.3, 0.4) is 0 Å². The summed E-state index contributed by atoms with van der Waals surface area (Å²) in [4.78, 5) is 0. The van der Waals surface area contributed by atoms with E-state index < -0.39 is 59.0 Å². The van der Waals surface area contributed by atoms with Crippen LogP contribution in [0.5, 0.6) is 0 Å². The van der Waals surface area contributed by atoms with Gasteiger partial charge in [0.1, 0.15) is 0 Å². The fourth-order valence-corrected chi connectivity index (χ4v) is 1.95. The molecule has 0 spiro atoms. The molecule has 0 aliphatic carbocycles. The molecule has 0 unspecified atom stereocenters. The maximum absolute atomic E-state index is 12.4. The molecular weight excluding hydrogens is 404 g/mol. The van der Waals surface area contributed by atoms with Crippen molar-refractivity contribution in [1.82, 2.24) is 0 Å². The quantitative estimate of drug-likeness (QED) is 0.294. The second-order valence-electron chi connectivity index (χ2n) is 4.22. The minimum absolute atomic E-state index is 1.92. The molecule has 0 bridgehead atoms. The Morgan fingerprint density at radius 2 is 1.00 bits per heavy atom. The first kappa shape index (κ1) is 23.1. The monoisotopic (exact) mass is 410 g/mol. The fraction of sp³-hybridized carbons (Fsp3) is 1.00. The molecule has 0 aliphatic rings. The van der Waals surface area contributed by atoms with Crippen molar-refractivity contribution in [3.05, 3.63) is 0 Å². The van der Waals surface area contributed by atoms with Gasteiger partial charge in [0.25, 0.3) is 5.41 Å². The molecule has 146 valence electrons. The Morgan fingerprint density at radius 1 is 0.667 bits per heavy atom. The van der Waals surface area contributed by atoms with Crippen LogP contribution in [0.4, 0.5) is 52.7 Å². The molecule has 0 aromatic heterocycles. The molecule has 0 heterocycles. The summed E-state index contributed by atoms with van der Waals surface area (Å²) in [7, 11) is -6.37. The van der Waals surface area contributed by atoms with Gasteiger partial charge in [-0.1, -0.05) is 0 Å². The summed E-state index contributed by atoms with van der Waals surface area (Å²) in [5, 5.41) is 0. The van der Waals surface area contributed by atoms with Gasteiger partial charge in [0.15, 0.2) is 0 Å². The standard InChI is InChI=1S/C8H6F12O3S/c9-5(10,11)4(6(12,13)14,7(15,16)17)2-1-3-23-24(21,22)8(18,19)20/h1-3H2. The zero-order valence-corrected chi connectivity index (χ0v) is 11.6. The van der Waals surface area contributed by atoms with E-state index in [0.717, 1.165) is 0 Å². The lowest BCUT2D eigenvalue weighted by atomic mass is 9.80. The lowest BCUT2D eigenvalue weighted by Crippen LogP contribution is -2.59. The van der Waals surface area contributed by atoms with Crippen molar-refractivity contribution in [3.8, 4) is 0 Å². The third-order valence-corrected chi connectivity index (χ3v) is 3.71. The smallest absolute Gasteiger partial charge is 0.263 e. The molecule has 0 saturated heterocycles. The van der Waals surface area contributed by atoms with E-state index in [1.54, 1.807) is 0 Å². The van der Waals surface area contributed by atoms with Gasteiger partial charge in [0.2, 0.25) is 0 Å². The van der Waals surface area contributed by atoms with Crippen molar-refractivity contribution >= 4 is 10.1 Å². The van der Waals surface area contributed by atoms with E-state index in [-0.39, 0.29) is 0 Å². The fourth-order valence-electron chi connectivity index (χ4n) is 1.48. The summed E-state index contributed by atoms with van der Waals surface area (Å²) in [5.41, 5.74) is -12.3. The van der Waals surface area contributed by atoms with Gasteiger partial charge in [-0.2, -0.15) is 61.1 Å². The van der Waals surface area contributed by atoms with Crippen molar-refractivity contribution in [2.24, 2.45) is 5.41 Å². The highest BCUT2D eigenvalue weighted by molar-refractivity contribution is 7.87. The summed E-state index contributed by atoms with van der Waals surface area (Å²) in [6.45, 7) is -1.97. The van der Waals surface area contributed by atoms with Crippen LogP contribution < -0.4 is 0 Å². The van der Waals surface area contributed by atoms with Crippen molar-refractivity contribution in [2.45, 2.75) is 36.9 Å². The van der Waals surface area contributed by atoms with Gasteiger partial charge in [-0.25, -0.2) is 0 Å². The first-order valence-electron chi connectivity index (χ1n) is 5.36. The van der Waals surface area contributed by atoms with Crippen LogP contribution in [0.25, 0.3) is 0 Å². The molecule has 3 nitrogen and oxygen atoms in total. The molecule has 0 fully saturated rings. The molecule has 0 aliphatic heterocycles. The second kappa shape index (κ2) is 6.42. The summed E-state index contributed by atoms with van der Waals surface area (Å²) in [5.74, 6) is 0. The average molecular weight is 410 g/mol. The Kier molecular flexibility index (Phi) is 6.17. The van der Waals surface area contributed by atoms with Gasteiger partial charge in [0, 0.05) is 0 Å². The van der Waals surface area contributed by atoms with E-state index in [9.17, 15) is 61.1 Å². The van der Waals surface area contributed by atoms with Crippen molar-refractivity contribution in [3.63, 3.8) is 0 Å². The van der Waals surface area contributed by atoms with Gasteiger partial charge < -0.3 is 0 Å². The maximum Gasteiger partial charge on any atom is 0.523 e. The zero-order chi connectivity index (χ0) is 19.8. The molecule has 0 N–H and O–H groups in total. The highest BCUT2D eigenvalue weighted by atomic mass is 32.2. The Balaban J connectivity index is 5.43. The van der Waals surface area contributed by atoms with E-state index in [4.69, 9.17) is 0 Å². The molecule has 0 saturated carbocycles. The third-order valence-electron chi connectivity index (χ3n) is 2.67. The van der Waals surface area contributed by atoms with Gasteiger partial charge in [0.05, 0.1) is 6.61 Å². The van der Waals surface area contributed by atoms with Crippen LogP contribution in [0.15, 0.2) is 0 Å². The van der Waals surface area contributed by atoms with Crippen molar-refractivity contribution in [2.75, 3.05) is 6.61 Å². The third kappa shape index (κ3) is 4.37. The first-order valence-corrected chi connectivity index (χ1v) is 6.77. The van der Waals surface area contributed by atoms with Crippen LogP contribution >= 0.6 is 0 Å². The molecule has 0 aromatic rings. The molecule has 0 radical (unpaired) electrons. The van der Waals surface area contributed by atoms with Gasteiger partial charge in [-0.15, -0.1) is 0 Å². The van der Waals surface area contributed by atoms with E-state index in [0.29, 0.717) is 0 Å². The summed E-state index contributed by atoms with van der Waals surface area (Å²) < 4.78 is 171. The minimum Gasteiger partial charge on any atom is -0.263 e. The van der Waals surface area contributed by atoms with Gasteiger partial charge >= 0.3 is 34.2 Å². The molecule has 24 heavy (non-hydrogen) atoms. The van der Waals surface area contributed by atoms with Crippen LogP contribution in [-0.2, 0) is 14.3 Å². The predicted molar refractivity (Wildman–Crippen MR) is 50.8 cm³/mol. The van der Waals surface area contributed by atoms with Crippen LogP contribution in [0.2, 0.25) is 0 Å². The number of rotatable bonds is 5. The second-order valence-corrected chi connectivity index (χ2v) is 5.83. The summed E-state index contributed by atoms with van der Waals surface area (Å²) >= 11 is 0. The molecular formula is C8H6F12O3S. The lowest BCUT2D eigenvalue weighted by molar-refractivity contribution is -0.429. The highest BCUT2D eigenvalue weighted by Crippen LogP contribution is 2.61. The van der Waals surface area contributed by atoms with Crippen LogP contribution in [0, 0.1) is 5.41 Å². The Morgan fingerprint density at radius 3 is 1.25 bits per heavy atom. The van der Waals surface area contributed by atoms with Crippen molar-refractivity contribution < 1.29 is 65.3 Å². The van der Waals surface area contributed by atoms with E-state index in [2.05, 4.69) is 4.18 Å². The van der Waals surface area contributed by atoms with Crippen LogP contribution in [-0.4, -0.2) is 39.1 Å². The zero-order valence-electron chi connectivity index (χ0n) is 10.8. The maximum atomic E-state index is 12.4. The molecule has 0 atom stereocenters. The SMILES string of the molecule is O=S(=O)(OCCCC(C(F)(F)F)(C(F)(F)F)C(F)(F)F)C(F)(F)F. The number of alkyl halides is 12. The van der Waals surface area contributed by atoms with E-state index in [1.165, 1.54) is 0 Å². The normalized spacial score (nSPS) is 15.7. The number of halogens is 12. The highest BCUT2D eigenvalue weighted by Gasteiger charge is 2.82. The van der Waals surface area contributed by atoms with E-state index in [1.807, 2.05) is 0 Å². The molecule has 0 amide bonds. The van der Waals surface area contributed by atoms with Gasteiger partial charge in [-0.05, 0) is 12.8 Å². The van der Waals surface area contributed by atoms with Crippen LogP contribution in [0.1, 0.15) is 12.8 Å². The number of hydrogen-bond acceptors (Lipinski definition) is 3. The summed E-state index contributed by atoms with van der Waals surface area (Å²) in [6.07, 6.45) is -25.4. The summed E-state index contributed by atoms with van der Waals surface area (Å²) in [6, 6.07) is 0. The Labute approximate surface area is 125 Å². The Hall–Kier alpha value is -0.930. The molecule has 16 heteroatoms. The van der Waals surface area contributed by atoms with Crippen molar-refractivity contribution in [1.29, 1.82) is 0 Å². The molecule has 0 rings (SSSR count). The Bertz CT molecular complexity index is 486. The predicted octanol–water partition coefficient (Wildman–Crippen LogP) is 4.31. The average Bonchev–Trinajstić information content (AvgIpc) is 2.20. The number of hydrogen-bond donors (Lipinski definition) is 0. The minimum atomic E-state index is -6.88. The van der Waals surface area contributed by atoms with Gasteiger partial charge in [-0.3, -0.25) is 4.18 Å². The molecule has 0 aromatic carbocycles. The largest absolute Gasteiger partial charge is 0.523 e. The lowest BCUT2D eigenvalue weighted by Gasteiger charge is -2.38.